The summed E-state index contributed by atoms with van der Waals surface area (Å²) in [6.45, 7) is 4.62. The molecule has 1 atom stereocenters. The molecule has 2 aromatic heterocycles. The minimum absolute atomic E-state index is 0.255. The lowest BCUT2D eigenvalue weighted by atomic mass is 9.96. The van der Waals surface area contributed by atoms with Crippen molar-refractivity contribution in [3.8, 4) is 11.3 Å². The number of carbonyl (C=O) groups excluding carboxylic acids is 1. The predicted octanol–water partition coefficient (Wildman–Crippen LogP) is 3.34. The smallest absolute Gasteiger partial charge is 0.225 e. The molecule has 6 nitrogen and oxygen atoms in total. The number of aryl methyl sites for hydroxylation is 1. The Morgan fingerprint density at radius 1 is 1.19 bits per heavy atom. The highest BCUT2D eigenvalue weighted by molar-refractivity contribution is 6.36. The van der Waals surface area contributed by atoms with Gasteiger partial charge in [0.15, 0.2) is 5.65 Å². The zero-order valence-corrected chi connectivity index (χ0v) is 18.8. The Balaban J connectivity index is 1.35. The largest absolute Gasteiger partial charge is 0.370 e. The third kappa shape index (κ3) is 4.13. The maximum atomic E-state index is 12.9. The molecule has 3 heterocycles. The first-order valence-electron chi connectivity index (χ1n) is 11.8. The summed E-state index contributed by atoms with van der Waals surface area (Å²) in [5.41, 5.74) is 4.36. The van der Waals surface area contributed by atoms with E-state index in [2.05, 4.69) is 34.4 Å². The molecule has 164 valence electrons. The van der Waals surface area contributed by atoms with E-state index in [1.54, 1.807) is 10.7 Å². The predicted molar refractivity (Wildman–Crippen MR) is 128 cm³/mol. The van der Waals surface area contributed by atoms with Crippen molar-refractivity contribution >= 4 is 30.7 Å². The van der Waals surface area contributed by atoms with Crippen LogP contribution in [0.15, 0.2) is 36.5 Å². The van der Waals surface area contributed by atoms with Gasteiger partial charge in [0, 0.05) is 43.4 Å². The number of amides is 1. The first kappa shape index (κ1) is 21.0. The molecule has 1 aromatic carbocycles. The van der Waals surface area contributed by atoms with Crippen LogP contribution in [0.25, 0.3) is 16.9 Å². The van der Waals surface area contributed by atoms with Gasteiger partial charge in [-0.25, -0.2) is 4.98 Å². The van der Waals surface area contributed by atoms with Gasteiger partial charge in [-0.1, -0.05) is 37.1 Å². The molecule has 32 heavy (non-hydrogen) atoms. The van der Waals surface area contributed by atoms with E-state index in [0.717, 1.165) is 62.4 Å². The second-order valence-corrected chi connectivity index (χ2v) is 9.33. The summed E-state index contributed by atoms with van der Waals surface area (Å²) in [5, 5.41) is 8.03. The van der Waals surface area contributed by atoms with Gasteiger partial charge in [-0.05, 0) is 49.6 Å². The third-order valence-electron chi connectivity index (χ3n) is 7.03. The molecule has 3 aromatic rings. The highest BCUT2D eigenvalue weighted by Gasteiger charge is 2.30. The first-order chi connectivity index (χ1) is 15.6. The van der Waals surface area contributed by atoms with Crippen LogP contribution in [-0.4, -0.2) is 52.9 Å². The van der Waals surface area contributed by atoms with Crippen LogP contribution in [0, 0.1) is 18.8 Å². The molecule has 1 saturated heterocycles. The number of benzene rings is 1. The Labute approximate surface area is 190 Å². The summed E-state index contributed by atoms with van der Waals surface area (Å²) in [4.78, 5) is 19.8. The zero-order valence-electron chi connectivity index (χ0n) is 18.8. The molecule has 7 heteroatoms. The number of carbonyl (C=O) groups is 1. The van der Waals surface area contributed by atoms with Gasteiger partial charge in [-0.3, -0.25) is 4.79 Å². The Morgan fingerprint density at radius 3 is 2.81 bits per heavy atom. The third-order valence-corrected chi connectivity index (χ3v) is 7.03. The maximum absolute atomic E-state index is 12.9. The lowest BCUT2D eigenvalue weighted by Crippen LogP contribution is -2.44. The minimum atomic E-state index is 0.255. The maximum Gasteiger partial charge on any atom is 0.225 e. The molecule has 2 fully saturated rings. The standard InChI is InChI=1S/C25H30BN5O/c1-17-7-2-5-11-20(17)22-13-23(31-24(29-22)21(26)15-28-31)27-14-18-8-6-12-30(16-18)25(32)19-9-3-4-10-19/h2,5,7,11,13,15,18-19,27H,3-4,6,8-10,12,14,16H2,1H3. The van der Waals surface area contributed by atoms with Gasteiger partial charge in [0.05, 0.1) is 5.69 Å². The van der Waals surface area contributed by atoms with Gasteiger partial charge in [-0.15, -0.1) is 0 Å². The van der Waals surface area contributed by atoms with Crippen molar-refractivity contribution in [1.29, 1.82) is 0 Å². The van der Waals surface area contributed by atoms with Crippen LogP contribution in [0.5, 0.6) is 0 Å². The average Bonchev–Trinajstić information content (AvgIpc) is 3.48. The fourth-order valence-electron chi connectivity index (χ4n) is 5.22. The molecule has 2 aliphatic rings. The van der Waals surface area contributed by atoms with Crippen molar-refractivity contribution in [2.45, 2.75) is 45.4 Å². The van der Waals surface area contributed by atoms with Crippen molar-refractivity contribution in [2.24, 2.45) is 11.8 Å². The van der Waals surface area contributed by atoms with Crippen LogP contribution in [0.2, 0.25) is 0 Å². The van der Waals surface area contributed by atoms with Gasteiger partial charge < -0.3 is 10.2 Å². The Hall–Kier alpha value is -2.83. The van der Waals surface area contributed by atoms with Gasteiger partial charge >= 0.3 is 0 Å². The zero-order chi connectivity index (χ0) is 22.1. The molecule has 1 aliphatic carbocycles. The van der Waals surface area contributed by atoms with E-state index in [1.165, 1.54) is 18.4 Å². The molecule has 1 aliphatic heterocycles. The quantitative estimate of drug-likeness (QED) is 0.635. The first-order valence-corrected chi connectivity index (χ1v) is 11.8. The van der Waals surface area contributed by atoms with Crippen molar-refractivity contribution < 1.29 is 4.79 Å². The van der Waals surface area contributed by atoms with Crippen LogP contribution < -0.4 is 10.8 Å². The normalized spacial score (nSPS) is 19.5. The van der Waals surface area contributed by atoms with E-state index in [0.29, 0.717) is 22.9 Å². The number of aromatic nitrogens is 3. The van der Waals surface area contributed by atoms with E-state index in [4.69, 9.17) is 12.8 Å². The summed E-state index contributed by atoms with van der Waals surface area (Å²) in [6.07, 6.45) is 8.37. The molecular weight excluding hydrogens is 397 g/mol. The monoisotopic (exact) mass is 427 g/mol. The van der Waals surface area contributed by atoms with E-state index in [1.807, 2.05) is 18.2 Å². The van der Waals surface area contributed by atoms with Crippen molar-refractivity contribution in [2.75, 3.05) is 25.0 Å². The second kappa shape index (κ2) is 8.97. The van der Waals surface area contributed by atoms with Crippen molar-refractivity contribution in [1.82, 2.24) is 19.5 Å². The van der Waals surface area contributed by atoms with Crippen LogP contribution in [-0.2, 0) is 4.79 Å². The van der Waals surface area contributed by atoms with Gasteiger partial charge in [0.2, 0.25) is 5.91 Å². The van der Waals surface area contributed by atoms with E-state index in [9.17, 15) is 4.79 Å². The molecule has 1 amide bonds. The number of nitrogens with zero attached hydrogens (tertiary/aromatic N) is 4. The van der Waals surface area contributed by atoms with Crippen molar-refractivity contribution in [3.05, 3.63) is 42.1 Å². The lowest BCUT2D eigenvalue weighted by Gasteiger charge is -2.34. The van der Waals surface area contributed by atoms with E-state index in [-0.39, 0.29) is 5.92 Å². The van der Waals surface area contributed by atoms with Crippen LogP contribution in [0.1, 0.15) is 44.1 Å². The fraction of sp³-hybridized carbons (Fsp3) is 0.480. The van der Waals surface area contributed by atoms with Crippen LogP contribution >= 0.6 is 0 Å². The highest BCUT2D eigenvalue weighted by Crippen LogP contribution is 2.29. The topological polar surface area (TPSA) is 62.5 Å². The molecule has 0 spiro atoms. The molecule has 1 N–H and O–H groups in total. The Morgan fingerprint density at radius 2 is 2.00 bits per heavy atom. The van der Waals surface area contributed by atoms with Crippen LogP contribution in [0.3, 0.4) is 0 Å². The molecule has 2 radical (unpaired) electrons. The van der Waals surface area contributed by atoms with E-state index < -0.39 is 0 Å². The highest BCUT2D eigenvalue weighted by atomic mass is 16.2. The minimum Gasteiger partial charge on any atom is -0.370 e. The molecule has 1 unspecified atom stereocenters. The number of likely N-dealkylation sites (tertiary alicyclic amines) is 1. The summed E-state index contributed by atoms with van der Waals surface area (Å²) in [7, 11) is 6.16. The average molecular weight is 427 g/mol. The van der Waals surface area contributed by atoms with Gasteiger partial charge in [-0.2, -0.15) is 9.61 Å². The van der Waals surface area contributed by atoms with Gasteiger partial charge in [0.1, 0.15) is 13.7 Å². The second-order valence-electron chi connectivity index (χ2n) is 9.33. The summed E-state index contributed by atoms with van der Waals surface area (Å²) >= 11 is 0. The number of rotatable bonds is 5. The lowest BCUT2D eigenvalue weighted by molar-refractivity contribution is -0.137. The van der Waals surface area contributed by atoms with E-state index >= 15 is 0 Å². The molecule has 0 bridgehead atoms. The summed E-state index contributed by atoms with van der Waals surface area (Å²) in [6, 6.07) is 10.3. The number of anilines is 1. The molecule has 1 saturated carbocycles. The Bertz CT molecular complexity index is 1120. The molecular formula is C25H30BN5O. The van der Waals surface area contributed by atoms with Gasteiger partial charge in [0.25, 0.3) is 0 Å². The summed E-state index contributed by atoms with van der Waals surface area (Å²) < 4.78 is 1.78. The number of piperidine rings is 1. The fourth-order valence-corrected chi connectivity index (χ4v) is 5.22. The summed E-state index contributed by atoms with van der Waals surface area (Å²) in [5.74, 6) is 1.93. The number of hydrogen-bond donors (Lipinski definition) is 1. The SMILES string of the molecule is [B]c1cnn2c(NCC3CCCN(C(=O)C4CCCC4)C3)cc(-c3ccccc3C)nc12. The van der Waals surface area contributed by atoms with Crippen molar-refractivity contribution in [3.63, 3.8) is 0 Å². The number of hydrogen-bond acceptors (Lipinski definition) is 4. The van der Waals surface area contributed by atoms with Crippen LogP contribution in [0.4, 0.5) is 5.82 Å². The number of nitrogens with one attached hydrogen (secondary N) is 1. The Kier molecular flexibility index (Phi) is 5.90. The number of fused-ring (bicyclic) bond motifs is 1. The molecule has 5 rings (SSSR count).